The number of carbonyl (C=O) groups excluding carboxylic acids is 1. The Morgan fingerprint density at radius 3 is 2.63 bits per heavy atom. The number of carbonyl (C=O) groups is 1. The van der Waals surface area contributed by atoms with Gasteiger partial charge in [-0.1, -0.05) is 17.4 Å². The number of piperidine rings is 1. The summed E-state index contributed by atoms with van der Waals surface area (Å²) in [5.74, 6) is -0.0392. The molecule has 3 heterocycles. The fourth-order valence-electron chi connectivity index (χ4n) is 3.65. The highest BCUT2D eigenvalue weighted by atomic mass is 32.1. The lowest BCUT2D eigenvalue weighted by Crippen LogP contribution is -2.45. The van der Waals surface area contributed by atoms with Crippen LogP contribution in [0.15, 0.2) is 18.2 Å². The fraction of sp³-hybridized carbons (Fsp3) is 0.450. The van der Waals surface area contributed by atoms with Crippen LogP contribution in [0.4, 0.5) is 5.13 Å². The Kier molecular flexibility index (Phi) is 4.63. The van der Waals surface area contributed by atoms with E-state index in [1.165, 1.54) is 15.8 Å². The third kappa shape index (κ3) is 3.43. The minimum Gasteiger partial charge on any atom is -0.348 e. The summed E-state index contributed by atoms with van der Waals surface area (Å²) in [6.07, 6.45) is 1.85. The average Bonchev–Trinajstić information content (AvgIpc) is 3.22. The highest BCUT2D eigenvalue weighted by Gasteiger charge is 2.24. The molecule has 7 heteroatoms. The molecule has 0 spiro atoms. The van der Waals surface area contributed by atoms with E-state index in [1.54, 1.807) is 23.1 Å². The molecule has 6 nitrogen and oxygen atoms in total. The zero-order valence-electron chi connectivity index (χ0n) is 16.2. The van der Waals surface area contributed by atoms with Crippen molar-refractivity contribution in [1.82, 2.24) is 20.1 Å². The van der Waals surface area contributed by atoms with E-state index in [-0.39, 0.29) is 11.9 Å². The maximum absolute atomic E-state index is 12.5. The van der Waals surface area contributed by atoms with Gasteiger partial charge in [-0.25, -0.2) is 4.98 Å². The molecule has 1 amide bonds. The number of rotatable bonds is 3. The number of hydrogen-bond donors (Lipinski definition) is 1. The number of nitrogens with zero attached hydrogens (tertiary/aromatic N) is 4. The van der Waals surface area contributed by atoms with E-state index in [1.807, 2.05) is 13.0 Å². The number of thiazole rings is 1. The Bertz CT molecular complexity index is 997. The van der Waals surface area contributed by atoms with Gasteiger partial charge in [0.2, 0.25) is 0 Å². The number of hydrogen-bond acceptors (Lipinski definition) is 5. The molecule has 0 radical (unpaired) electrons. The maximum Gasteiger partial charge on any atom is 0.269 e. The summed E-state index contributed by atoms with van der Waals surface area (Å²) in [5, 5.41) is 8.50. The highest BCUT2D eigenvalue weighted by Crippen LogP contribution is 2.33. The summed E-state index contributed by atoms with van der Waals surface area (Å²) in [6.45, 7) is 7.99. The largest absolute Gasteiger partial charge is 0.348 e. The number of fused-ring (bicyclic) bond motifs is 1. The normalized spacial score (nSPS) is 15.5. The second-order valence-corrected chi connectivity index (χ2v) is 8.39. The van der Waals surface area contributed by atoms with Gasteiger partial charge in [0, 0.05) is 26.2 Å². The van der Waals surface area contributed by atoms with Crippen molar-refractivity contribution in [2.75, 3.05) is 18.0 Å². The Morgan fingerprint density at radius 1 is 1.22 bits per heavy atom. The summed E-state index contributed by atoms with van der Waals surface area (Å²) >= 11 is 1.76. The highest BCUT2D eigenvalue weighted by molar-refractivity contribution is 7.22. The Labute approximate surface area is 163 Å². The van der Waals surface area contributed by atoms with E-state index < -0.39 is 0 Å². The first-order chi connectivity index (χ1) is 12.9. The van der Waals surface area contributed by atoms with Gasteiger partial charge in [-0.3, -0.25) is 9.48 Å². The number of amides is 1. The van der Waals surface area contributed by atoms with Crippen molar-refractivity contribution in [1.29, 1.82) is 0 Å². The van der Waals surface area contributed by atoms with Crippen LogP contribution in [0.5, 0.6) is 0 Å². The van der Waals surface area contributed by atoms with Gasteiger partial charge >= 0.3 is 0 Å². The molecule has 1 fully saturated rings. The smallest absolute Gasteiger partial charge is 0.269 e. The summed E-state index contributed by atoms with van der Waals surface area (Å²) in [7, 11) is 1.81. The average molecular weight is 384 g/mol. The van der Waals surface area contributed by atoms with E-state index in [0.29, 0.717) is 5.69 Å². The number of nitrogens with one attached hydrogen (secondary N) is 1. The predicted octanol–water partition coefficient (Wildman–Crippen LogP) is 3.35. The standard InChI is InChI=1S/C20H25N5OS/c1-12-5-6-17-18(14(12)3)22-20(27-17)25-9-7-15(8-10-25)21-19(26)16-11-13(2)23-24(16)4/h5-6,11,15H,7-10H2,1-4H3,(H,21,26). The minimum atomic E-state index is -0.0392. The van der Waals surface area contributed by atoms with Gasteiger partial charge < -0.3 is 10.2 Å². The van der Waals surface area contributed by atoms with Gasteiger partial charge in [0.15, 0.2) is 5.13 Å². The Hall–Kier alpha value is -2.41. The second-order valence-electron chi connectivity index (χ2n) is 7.38. The lowest BCUT2D eigenvalue weighted by Gasteiger charge is -2.32. The second kappa shape index (κ2) is 6.96. The van der Waals surface area contributed by atoms with Crippen LogP contribution in [0.2, 0.25) is 0 Å². The molecule has 1 N–H and O–H groups in total. The summed E-state index contributed by atoms with van der Waals surface area (Å²) < 4.78 is 2.89. The lowest BCUT2D eigenvalue weighted by molar-refractivity contribution is 0.0921. The molecular weight excluding hydrogens is 358 g/mol. The molecule has 0 aliphatic carbocycles. The van der Waals surface area contributed by atoms with Gasteiger partial charge in [-0.15, -0.1) is 0 Å². The fourth-order valence-corrected chi connectivity index (χ4v) is 4.72. The Balaban J connectivity index is 1.41. The molecule has 1 aromatic carbocycles. The third-order valence-corrected chi connectivity index (χ3v) is 6.49. The van der Waals surface area contributed by atoms with Gasteiger partial charge in [-0.2, -0.15) is 5.10 Å². The number of aryl methyl sites for hydroxylation is 4. The van der Waals surface area contributed by atoms with E-state index in [9.17, 15) is 4.79 Å². The van der Waals surface area contributed by atoms with Crippen LogP contribution < -0.4 is 10.2 Å². The molecule has 1 saturated heterocycles. The zero-order valence-corrected chi connectivity index (χ0v) is 17.1. The molecule has 1 aliphatic rings. The minimum absolute atomic E-state index is 0.0392. The van der Waals surface area contributed by atoms with Crippen LogP contribution in [0, 0.1) is 20.8 Å². The molecule has 1 aliphatic heterocycles. The molecule has 0 atom stereocenters. The molecule has 4 rings (SSSR count). The van der Waals surface area contributed by atoms with Crippen molar-refractivity contribution in [3.8, 4) is 0 Å². The van der Waals surface area contributed by atoms with Crippen molar-refractivity contribution in [2.24, 2.45) is 7.05 Å². The lowest BCUT2D eigenvalue weighted by atomic mass is 10.1. The van der Waals surface area contributed by atoms with Crippen LogP contribution in [-0.4, -0.2) is 39.8 Å². The predicted molar refractivity (Wildman–Crippen MR) is 110 cm³/mol. The molecule has 0 bridgehead atoms. The van der Waals surface area contributed by atoms with E-state index >= 15 is 0 Å². The first-order valence-electron chi connectivity index (χ1n) is 9.35. The van der Waals surface area contributed by atoms with Crippen LogP contribution >= 0.6 is 11.3 Å². The van der Waals surface area contributed by atoms with Gasteiger partial charge in [0.25, 0.3) is 5.91 Å². The van der Waals surface area contributed by atoms with Crippen LogP contribution in [0.3, 0.4) is 0 Å². The molecule has 0 unspecified atom stereocenters. The number of benzene rings is 1. The van der Waals surface area contributed by atoms with E-state index in [0.717, 1.165) is 42.3 Å². The van der Waals surface area contributed by atoms with Crippen LogP contribution in [0.1, 0.15) is 40.2 Å². The first-order valence-corrected chi connectivity index (χ1v) is 10.2. The van der Waals surface area contributed by atoms with Gasteiger partial charge in [0.05, 0.1) is 15.9 Å². The quantitative estimate of drug-likeness (QED) is 0.753. The topological polar surface area (TPSA) is 63.1 Å². The molecule has 27 heavy (non-hydrogen) atoms. The van der Waals surface area contributed by atoms with Crippen molar-refractivity contribution < 1.29 is 4.79 Å². The molecule has 2 aromatic heterocycles. The SMILES string of the molecule is Cc1cc(C(=O)NC2CCN(c3nc4c(C)c(C)ccc4s3)CC2)n(C)n1. The van der Waals surface area contributed by atoms with E-state index in [4.69, 9.17) is 4.98 Å². The maximum atomic E-state index is 12.5. The number of anilines is 1. The first kappa shape index (κ1) is 18.0. The van der Waals surface area contributed by atoms with Crippen LogP contribution in [0.25, 0.3) is 10.2 Å². The Morgan fingerprint density at radius 2 is 1.96 bits per heavy atom. The van der Waals surface area contributed by atoms with Gasteiger partial charge in [-0.05, 0) is 56.9 Å². The van der Waals surface area contributed by atoms with Crippen molar-refractivity contribution >= 4 is 32.6 Å². The van der Waals surface area contributed by atoms with Crippen molar-refractivity contribution in [3.63, 3.8) is 0 Å². The van der Waals surface area contributed by atoms with Crippen LogP contribution in [-0.2, 0) is 7.05 Å². The monoisotopic (exact) mass is 383 g/mol. The summed E-state index contributed by atoms with van der Waals surface area (Å²) in [4.78, 5) is 19.7. The van der Waals surface area contributed by atoms with Crippen molar-refractivity contribution in [2.45, 2.75) is 39.7 Å². The summed E-state index contributed by atoms with van der Waals surface area (Å²) in [5.41, 5.74) is 5.15. The van der Waals surface area contributed by atoms with E-state index in [2.05, 4.69) is 41.3 Å². The molecule has 0 saturated carbocycles. The third-order valence-electron chi connectivity index (χ3n) is 5.41. The molecule has 3 aromatic rings. The van der Waals surface area contributed by atoms with Crippen molar-refractivity contribution in [3.05, 3.63) is 40.7 Å². The number of aromatic nitrogens is 3. The summed E-state index contributed by atoms with van der Waals surface area (Å²) in [6, 6.07) is 6.36. The zero-order chi connectivity index (χ0) is 19.1. The van der Waals surface area contributed by atoms with Gasteiger partial charge in [0.1, 0.15) is 5.69 Å². The molecule has 142 valence electrons. The molecular formula is C20H25N5OS.